The number of aromatic hydroxyl groups is 2. The zero-order valence-corrected chi connectivity index (χ0v) is 31.8. The minimum absolute atomic E-state index is 0.0548. The van der Waals surface area contributed by atoms with Gasteiger partial charge in [0.2, 0.25) is 0 Å². The van der Waals surface area contributed by atoms with Gasteiger partial charge in [0.05, 0.1) is 41.2 Å². The van der Waals surface area contributed by atoms with Crippen LogP contribution in [-0.4, -0.2) is 87.9 Å². The van der Waals surface area contributed by atoms with Gasteiger partial charge in [-0.3, -0.25) is 19.2 Å². The monoisotopic (exact) mass is 754 g/mol. The molecule has 5 bridgehead atoms. The number of hydrogen-bond acceptors (Lipinski definition) is 13. The quantitative estimate of drug-likeness (QED) is 0.188. The molecule has 15 heteroatoms. The number of phenols is 2. The Morgan fingerprint density at radius 1 is 0.981 bits per heavy atom. The third kappa shape index (κ3) is 8.17. The SMILES string of the molecule is COC1/C=C/OC2(C)Oc3c(C)c(O)c4c(O)c(cc(OCC(N)=O)c4c3C2=O)NC(=O)/C(C)=C\C=C\C(C)C(O)C(C)C(O)C(C)C(OC(C)=O)C1C. The van der Waals surface area contributed by atoms with Crippen molar-refractivity contribution in [2.45, 2.75) is 85.6 Å². The number of nitrogens with one attached hydrogen (secondary N) is 1. The van der Waals surface area contributed by atoms with E-state index in [9.17, 15) is 39.6 Å². The number of aliphatic hydroxyl groups is 2. The lowest BCUT2D eigenvalue weighted by atomic mass is 9.78. The number of fused-ring (bicyclic) bond motifs is 14. The smallest absolute Gasteiger partial charge is 0.312 e. The van der Waals surface area contributed by atoms with E-state index in [1.165, 1.54) is 59.3 Å². The molecule has 0 aliphatic carbocycles. The molecule has 5 rings (SSSR count). The van der Waals surface area contributed by atoms with Gasteiger partial charge < -0.3 is 55.2 Å². The highest BCUT2D eigenvalue weighted by Crippen LogP contribution is 2.54. The Morgan fingerprint density at radius 2 is 1.65 bits per heavy atom. The Hall–Kier alpha value is -5.12. The van der Waals surface area contributed by atoms with Gasteiger partial charge in [-0.25, -0.2) is 0 Å². The number of benzene rings is 2. The average molecular weight is 755 g/mol. The van der Waals surface area contributed by atoms with E-state index in [1.807, 2.05) is 0 Å². The van der Waals surface area contributed by atoms with Crippen molar-refractivity contribution in [3.63, 3.8) is 0 Å². The van der Waals surface area contributed by atoms with Crippen molar-refractivity contribution < 1.29 is 63.3 Å². The van der Waals surface area contributed by atoms with Crippen molar-refractivity contribution in [2.24, 2.45) is 29.4 Å². The number of hydrogen-bond donors (Lipinski definition) is 6. The molecule has 9 atom stereocenters. The predicted molar refractivity (Wildman–Crippen MR) is 197 cm³/mol. The lowest BCUT2D eigenvalue weighted by Gasteiger charge is -2.38. The maximum atomic E-state index is 14.2. The van der Waals surface area contributed by atoms with Crippen LogP contribution in [0.4, 0.5) is 5.69 Å². The van der Waals surface area contributed by atoms with Gasteiger partial charge >= 0.3 is 11.8 Å². The second kappa shape index (κ2) is 16.5. The predicted octanol–water partition coefficient (Wildman–Crippen LogP) is 3.91. The van der Waals surface area contributed by atoms with E-state index in [1.54, 1.807) is 39.8 Å². The van der Waals surface area contributed by atoms with E-state index in [-0.39, 0.29) is 44.7 Å². The van der Waals surface area contributed by atoms with E-state index < -0.39 is 95.5 Å². The third-order valence-corrected chi connectivity index (χ3v) is 10.2. The fourth-order valence-corrected chi connectivity index (χ4v) is 6.90. The van der Waals surface area contributed by atoms with E-state index in [0.29, 0.717) is 0 Å². The molecule has 2 amide bonds. The molecular weight excluding hydrogens is 704 g/mol. The summed E-state index contributed by atoms with van der Waals surface area (Å²) in [6.45, 7) is 11.8. The first kappa shape index (κ1) is 41.6. The Balaban J connectivity index is 1.93. The number of carbonyl (C=O) groups is 4. The van der Waals surface area contributed by atoms with Crippen LogP contribution < -0.4 is 20.5 Å². The number of nitrogens with two attached hydrogens (primary N) is 1. The maximum Gasteiger partial charge on any atom is 0.312 e. The second-order valence-corrected chi connectivity index (χ2v) is 14.2. The summed E-state index contributed by atoms with van der Waals surface area (Å²) in [7, 11) is 1.42. The van der Waals surface area contributed by atoms with Crippen LogP contribution in [0.3, 0.4) is 0 Å². The van der Waals surface area contributed by atoms with Crippen molar-refractivity contribution in [1.29, 1.82) is 0 Å². The van der Waals surface area contributed by atoms with Gasteiger partial charge in [-0.15, -0.1) is 0 Å². The lowest BCUT2D eigenvalue weighted by molar-refractivity contribution is -0.160. The molecule has 0 radical (unpaired) electrons. The Kier molecular flexibility index (Phi) is 12.7. The first-order chi connectivity index (χ1) is 25.2. The average Bonchev–Trinajstić information content (AvgIpc) is 3.38. The number of ether oxygens (including phenoxy) is 5. The number of aliphatic hydroxyl groups excluding tert-OH is 2. The summed E-state index contributed by atoms with van der Waals surface area (Å²) < 4.78 is 29.1. The number of primary amides is 1. The summed E-state index contributed by atoms with van der Waals surface area (Å²) >= 11 is 0. The maximum absolute atomic E-state index is 14.2. The number of esters is 1. The molecule has 7 N–H and O–H groups in total. The van der Waals surface area contributed by atoms with Crippen LogP contribution in [0, 0.1) is 30.6 Å². The molecule has 9 unspecified atom stereocenters. The molecule has 2 aromatic rings. The van der Waals surface area contributed by atoms with Crippen LogP contribution in [0.5, 0.6) is 23.0 Å². The number of amides is 2. The van der Waals surface area contributed by atoms with Crippen LogP contribution in [-0.2, 0) is 28.6 Å². The minimum Gasteiger partial charge on any atom is -0.507 e. The van der Waals surface area contributed by atoms with Gasteiger partial charge in [-0.2, -0.15) is 0 Å². The molecule has 0 spiro atoms. The number of carbonyl (C=O) groups excluding carboxylic acids is 4. The zero-order chi connectivity index (χ0) is 40.4. The number of rotatable bonds is 5. The summed E-state index contributed by atoms with van der Waals surface area (Å²) in [5.41, 5.74) is 5.23. The second-order valence-electron chi connectivity index (χ2n) is 14.2. The molecule has 2 aromatic carbocycles. The summed E-state index contributed by atoms with van der Waals surface area (Å²) in [5, 5.41) is 47.7. The molecule has 54 heavy (non-hydrogen) atoms. The molecule has 0 fully saturated rings. The number of anilines is 1. The molecule has 0 saturated heterocycles. The van der Waals surface area contributed by atoms with Crippen molar-refractivity contribution in [2.75, 3.05) is 19.0 Å². The van der Waals surface area contributed by atoms with Crippen LogP contribution in [0.15, 0.2) is 42.2 Å². The number of methoxy groups -OCH3 is 1. The number of Topliss-reactive ketones (excluding diaryl/α,β-unsaturated/α-hetero) is 1. The van der Waals surface area contributed by atoms with E-state index in [4.69, 9.17) is 29.4 Å². The Morgan fingerprint density at radius 3 is 2.26 bits per heavy atom. The highest BCUT2D eigenvalue weighted by Gasteiger charge is 2.49. The normalized spacial score (nSPS) is 31.5. The Bertz CT molecular complexity index is 1900. The van der Waals surface area contributed by atoms with Gasteiger partial charge in [0.1, 0.15) is 23.4 Å². The van der Waals surface area contributed by atoms with Crippen molar-refractivity contribution in [3.8, 4) is 23.0 Å². The van der Waals surface area contributed by atoms with Crippen molar-refractivity contribution in [3.05, 3.63) is 53.3 Å². The first-order valence-electron chi connectivity index (χ1n) is 17.5. The first-order valence-corrected chi connectivity index (χ1v) is 17.5. The molecule has 3 heterocycles. The van der Waals surface area contributed by atoms with E-state index >= 15 is 0 Å². The fourth-order valence-electron chi connectivity index (χ4n) is 6.90. The standard InChI is InChI=1S/C39H50N2O13/c1-17-11-10-12-18(2)38(49)41-24-15-26(51-16-27(40)43)28-29(34(24)47)33(46)22(6)36-30(28)37(48)39(8,54-36)52-14-13-25(50-9)19(3)35(53-23(7)42)21(5)32(45)20(4)31(17)44/h10-15,17,19-21,25,31-32,35,44-47H,16H2,1-9H3,(H2,40,43)(H,41,49)/b11-10+,14-13+,18-12-. The van der Waals surface area contributed by atoms with Gasteiger partial charge in [0, 0.05) is 67.2 Å². The largest absolute Gasteiger partial charge is 0.507 e. The Labute approximate surface area is 313 Å². The molecular formula is C39H50N2O13. The van der Waals surface area contributed by atoms with E-state index in [2.05, 4.69) is 5.32 Å². The summed E-state index contributed by atoms with van der Waals surface area (Å²) in [6.07, 6.45) is 3.48. The lowest BCUT2D eigenvalue weighted by Crippen LogP contribution is -2.46. The van der Waals surface area contributed by atoms with Crippen LogP contribution in [0.25, 0.3) is 10.8 Å². The number of phenolic OH excluding ortho intramolecular Hbond substituents is 2. The van der Waals surface area contributed by atoms with Crippen molar-refractivity contribution >= 4 is 40.0 Å². The van der Waals surface area contributed by atoms with Crippen LogP contribution >= 0.6 is 0 Å². The molecule has 294 valence electrons. The molecule has 15 nitrogen and oxygen atoms in total. The van der Waals surface area contributed by atoms with Gasteiger partial charge in [-0.1, -0.05) is 45.9 Å². The van der Waals surface area contributed by atoms with E-state index in [0.717, 1.165) is 0 Å². The van der Waals surface area contributed by atoms with Crippen LogP contribution in [0.2, 0.25) is 0 Å². The molecule has 3 aliphatic rings. The fraction of sp³-hybridized carbons (Fsp3) is 0.487. The zero-order valence-electron chi connectivity index (χ0n) is 31.8. The summed E-state index contributed by atoms with van der Waals surface area (Å²) in [4.78, 5) is 51.6. The molecule has 0 saturated carbocycles. The minimum atomic E-state index is -2.03. The summed E-state index contributed by atoms with van der Waals surface area (Å²) in [6, 6.07) is 1.19. The van der Waals surface area contributed by atoms with Crippen LogP contribution in [0.1, 0.15) is 64.4 Å². The number of ketones is 1. The third-order valence-electron chi connectivity index (χ3n) is 10.2. The topological polar surface area (TPSA) is 233 Å². The van der Waals surface area contributed by atoms with Gasteiger partial charge in [0.15, 0.2) is 12.4 Å². The van der Waals surface area contributed by atoms with Gasteiger partial charge in [-0.05, 0) is 19.9 Å². The number of allylic oxidation sites excluding steroid dienone is 2. The highest BCUT2D eigenvalue weighted by atomic mass is 16.7. The highest BCUT2D eigenvalue weighted by molar-refractivity contribution is 6.21. The molecule has 3 aliphatic heterocycles. The van der Waals surface area contributed by atoms with Gasteiger partial charge in [0.25, 0.3) is 17.6 Å². The van der Waals surface area contributed by atoms with Crippen molar-refractivity contribution in [1.82, 2.24) is 0 Å². The molecule has 0 aromatic heterocycles. The summed E-state index contributed by atoms with van der Waals surface area (Å²) in [5.74, 6) is -8.75.